The van der Waals surface area contributed by atoms with Gasteiger partial charge in [0.2, 0.25) is 0 Å². The van der Waals surface area contributed by atoms with Gasteiger partial charge in [-0.05, 0) is 51.4 Å². The molecule has 3 aliphatic rings. The maximum absolute atomic E-state index is 11.9. The van der Waals surface area contributed by atoms with Crippen LogP contribution in [-0.2, 0) is 4.74 Å². The third-order valence-corrected chi connectivity index (χ3v) is 4.65. The zero-order valence-corrected chi connectivity index (χ0v) is 12.5. The van der Waals surface area contributed by atoms with Crippen LogP contribution >= 0.6 is 0 Å². The molecule has 4 nitrogen and oxygen atoms in total. The largest absolute Gasteiger partial charge is 0.444 e. The highest BCUT2D eigenvalue weighted by molar-refractivity contribution is 5.69. The summed E-state index contributed by atoms with van der Waals surface area (Å²) in [5.74, 6) is 2.24. The summed E-state index contributed by atoms with van der Waals surface area (Å²) in [6.45, 7) is 9.83. The average molecular weight is 266 g/mol. The van der Waals surface area contributed by atoms with Crippen LogP contribution in [0.25, 0.3) is 0 Å². The van der Waals surface area contributed by atoms with E-state index in [0.29, 0.717) is 17.9 Å². The van der Waals surface area contributed by atoms with Gasteiger partial charge in [-0.2, -0.15) is 0 Å². The SMILES string of the molecule is CC1CC(NC2C3CN(C(=O)OC(C)(C)C)CC32)C1. The highest BCUT2D eigenvalue weighted by atomic mass is 16.6. The fourth-order valence-electron chi connectivity index (χ4n) is 3.56. The topological polar surface area (TPSA) is 41.6 Å². The lowest BCUT2D eigenvalue weighted by molar-refractivity contribution is 0.0267. The Morgan fingerprint density at radius 1 is 1.21 bits per heavy atom. The first-order valence-corrected chi connectivity index (χ1v) is 7.57. The van der Waals surface area contributed by atoms with Crippen LogP contribution in [0.1, 0.15) is 40.5 Å². The summed E-state index contributed by atoms with van der Waals surface area (Å²) in [5, 5.41) is 3.75. The van der Waals surface area contributed by atoms with Gasteiger partial charge in [-0.25, -0.2) is 4.79 Å². The first kappa shape index (κ1) is 13.2. The average Bonchev–Trinajstić information content (AvgIpc) is 2.70. The van der Waals surface area contributed by atoms with Gasteiger partial charge in [0.15, 0.2) is 0 Å². The molecular formula is C15H26N2O2. The Hall–Kier alpha value is -0.770. The van der Waals surface area contributed by atoms with E-state index in [1.807, 2.05) is 25.7 Å². The Kier molecular flexibility index (Phi) is 3.04. The number of rotatable bonds is 2. The Morgan fingerprint density at radius 3 is 2.26 bits per heavy atom. The van der Waals surface area contributed by atoms with E-state index in [2.05, 4.69) is 12.2 Å². The summed E-state index contributed by atoms with van der Waals surface area (Å²) in [6, 6.07) is 1.40. The summed E-state index contributed by atoms with van der Waals surface area (Å²) in [5.41, 5.74) is -0.385. The summed E-state index contributed by atoms with van der Waals surface area (Å²) in [4.78, 5) is 13.8. The molecule has 4 heteroatoms. The number of carbonyl (C=O) groups excluding carboxylic acids is 1. The van der Waals surface area contributed by atoms with Crippen molar-refractivity contribution in [2.75, 3.05) is 13.1 Å². The minimum atomic E-state index is -0.385. The number of piperidine rings is 1. The minimum Gasteiger partial charge on any atom is -0.444 e. The van der Waals surface area contributed by atoms with E-state index < -0.39 is 0 Å². The molecule has 0 aromatic carbocycles. The number of likely N-dealkylation sites (tertiary alicyclic amines) is 1. The molecule has 108 valence electrons. The van der Waals surface area contributed by atoms with Gasteiger partial charge in [0, 0.05) is 25.2 Å². The Bertz CT molecular complexity index is 359. The lowest BCUT2D eigenvalue weighted by Crippen LogP contribution is -2.45. The van der Waals surface area contributed by atoms with Gasteiger partial charge in [-0.3, -0.25) is 0 Å². The van der Waals surface area contributed by atoms with Crippen LogP contribution in [0, 0.1) is 17.8 Å². The quantitative estimate of drug-likeness (QED) is 0.833. The highest BCUT2D eigenvalue weighted by Crippen LogP contribution is 2.47. The van der Waals surface area contributed by atoms with E-state index in [9.17, 15) is 4.79 Å². The molecule has 19 heavy (non-hydrogen) atoms. The maximum Gasteiger partial charge on any atom is 0.410 e. The van der Waals surface area contributed by atoms with Gasteiger partial charge >= 0.3 is 6.09 Å². The van der Waals surface area contributed by atoms with Crippen molar-refractivity contribution in [1.82, 2.24) is 10.2 Å². The zero-order chi connectivity index (χ0) is 13.8. The van der Waals surface area contributed by atoms with E-state index >= 15 is 0 Å². The number of hydrogen-bond donors (Lipinski definition) is 1. The van der Waals surface area contributed by atoms with E-state index in [1.165, 1.54) is 12.8 Å². The molecule has 1 saturated heterocycles. The molecular weight excluding hydrogens is 240 g/mol. The van der Waals surface area contributed by atoms with Gasteiger partial charge in [-0.1, -0.05) is 6.92 Å². The minimum absolute atomic E-state index is 0.143. The molecule has 0 aromatic heterocycles. The zero-order valence-electron chi connectivity index (χ0n) is 12.5. The Labute approximate surface area is 115 Å². The summed E-state index contributed by atoms with van der Waals surface area (Å²) in [7, 11) is 0. The van der Waals surface area contributed by atoms with Crippen molar-refractivity contribution >= 4 is 6.09 Å². The van der Waals surface area contributed by atoms with Crippen molar-refractivity contribution < 1.29 is 9.53 Å². The van der Waals surface area contributed by atoms with E-state index in [-0.39, 0.29) is 11.7 Å². The van der Waals surface area contributed by atoms with Crippen LogP contribution in [0.4, 0.5) is 4.79 Å². The molecule has 2 saturated carbocycles. The summed E-state index contributed by atoms with van der Waals surface area (Å²) >= 11 is 0. The van der Waals surface area contributed by atoms with Crippen LogP contribution in [0.3, 0.4) is 0 Å². The molecule has 0 spiro atoms. The maximum atomic E-state index is 11.9. The van der Waals surface area contributed by atoms with E-state index in [1.54, 1.807) is 0 Å². The van der Waals surface area contributed by atoms with Crippen molar-refractivity contribution in [2.24, 2.45) is 17.8 Å². The van der Waals surface area contributed by atoms with Crippen LogP contribution in [0.5, 0.6) is 0 Å². The van der Waals surface area contributed by atoms with Crippen molar-refractivity contribution in [1.29, 1.82) is 0 Å². The fourth-order valence-corrected chi connectivity index (χ4v) is 3.56. The van der Waals surface area contributed by atoms with Crippen LogP contribution in [-0.4, -0.2) is 41.8 Å². The first-order chi connectivity index (χ1) is 8.83. The molecule has 0 aromatic rings. The molecule has 1 heterocycles. The van der Waals surface area contributed by atoms with E-state index in [4.69, 9.17) is 4.74 Å². The first-order valence-electron chi connectivity index (χ1n) is 7.57. The predicted octanol–water partition coefficient (Wildman–Crippen LogP) is 2.24. The standard InChI is InChI=1S/C15H26N2O2/c1-9-5-10(6-9)16-13-11-7-17(8-12(11)13)14(18)19-15(2,3)4/h9-13,16H,5-8H2,1-4H3. The molecule has 2 atom stereocenters. The van der Waals surface area contributed by atoms with Gasteiger partial charge in [0.05, 0.1) is 0 Å². The number of fused-ring (bicyclic) bond motifs is 1. The van der Waals surface area contributed by atoms with Crippen molar-refractivity contribution in [3.63, 3.8) is 0 Å². The van der Waals surface area contributed by atoms with Crippen molar-refractivity contribution in [3.8, 4) is 0 Å². The summed E-state index contributed by atoms with van der Waals surface area (Å²) in [6.07, 6.45) is 2.51. The van der Waals surface area contributed by atoms with Crippen molar-refractivity contribution in [3.05, 3.63) is 0 Å². The molecule has 2 unspecified atom stereocenters. The Balaban J connectivity index is 1.42. The molecule has 1 aliphatic heterocycles. The van der Waals surface area contributed by atoms with Crippen LogP contribution in [0.2, 0.25) is 0 Å². The number of nitrogens with zero attached hydrogens (tertiary/aromatic N) is 1. The number of hydrogen-bond acceptors (Lipinski definition) is 3. The third kappa shape index (κ3) is 2.73. The lowest BCUT2D eigenvalue weighted by atomic mass is 9.82. The second-order valence-electron chi connectivity index (χ2n) is 7.68. The predicted molar refractivity (Wildman–Crippen MR) is 73.9 cm³/mol. The van der Waals surface area contributed by atoms with Gasteiger partial charge in [0.25, 0.3) is 0 Å². The molecule has 3 rings (SSSR count). The van der Waals surface area contributed by atoms with Crippen LogP contribution in [0.15, 0.2) is 0 Å². The second-order valence-corrected chi connectivity index (χ2v) is 7.68. The summed E-state index contributed by atoms with van der Waals surface area (Å²) < 4.78 is 5.42. The molecule has 0 radical (unpaired) electrons. The van der Waals surface area contributed by atoms with E-state index in [0.717, 1.165) is 25.0 Å². The molecule has 2 aliphatic carbocycles. The molecule has 0 bridgehead atoms. The molecule has 1 amide bonds. The normalized spacial score (nSPS) is 40.6. The third-order valence-electron chi connectivity index (χ3n) is 4.65. The van der Waals surface area contributed by atoms with Crippen molar-refractivity contribution in [2.45, 2.75) is 58.2 Å². The number of ether oxygens (including phenoxy) is 1. The number of amides is 1. The van der Waals surface area contributed by atoms with Gasteiger partial charge in [-0.15, -0.1) is 0 Å². The number of carbonyl (C=O) groups is 1. The highest BCUT2D eigenvalue weighted by Gasteiger charge is 2.57. The lowest BCUT2D eigenvalue weighted by Gasteiger charge is -2.34. The Morgan fingerprint density at radius 2 is 1.79 bits per heavy atom. The number of nitrogens with one attached hydrogen (secondary N) is 1. The monoisotopic (exact) mass is 266 g/mol. The van der Waals surface area contributed by atoms with Gasteiger partial charge in [0.1, 0.15) is 5.60 Å². The van der Waals surface area contributed by atoms with Crippen LogP contribution < -0.4 is 5.32 Å². The smallest absolute Gasteiger partial charge is 0.410 e. The fraction of sp³-hybridized carbons (Fsp3) is 0.933. The molecule has 1 N–H and O–H groups in total. The molecule has 3 fully saturated rings. The van der Waals surface area contributed by atoms with Gasteiger partial charge < -0.3 is 15.0 Å². The second kappa shape index (κ2) is 4.37.